The van der Waals surface area contributed by atoms with Crippen LogP contribution in [0, 0.1) is 10.1 Å². The van der Waals surface area contributed by atoms with Gasteiger partial charge in [0.15, 0.2) is 0 Å². The van der Waals surface area contributed by atoms with E-state index in [1.54, 1.807) is 30.1 Å². The zero-order chi connectivity index (χ0) is 10.8. The Labute approximate surface area is 90.8 Å². The van der Waals surface area contributed by atoms with E-state index < -0.39 is 0 Å². The van der Waals surface area contributed by atoms with Crippen LogP contribution in [0.4, 0.5) is 5.69 Å². The maximum Gasteiger partial charge on any atom is 0.272 e. The SMILES string of the molecule is CCSc1cc([N+](=O)[O-])cc2[nH]ccc12. The molecule has 78 valence electrons. The molecule has 0 aliphatic heterocycles. The third-order valence-electron chi connectivity index (χ3n) is 2.13. The number of rotatable bonds is 3. The number of aromatic nitrogens is 1. The fourth-order valence-corrected chi connectivity index (χ4v) is 2.35. The first-order chi connectivity index (χ1) is 7.22. The molecule has 5 heteroatoms. The number of hydrogen-bond donors (Lipinski definition) is 1. The highest BCUT2D eigenvalue weighted by Gasteiger charge is 2.11. The molecule has 0 spiro atoms. The zero-order valence-electron chi connectivity index (χ0n) is 8.19. The summed E-state index contributed by atoms with van der Waals surface area (Å²) in [6.07, 6.45) is 1.80. The first-order valence-corrected chi connectivity index (χ1v) is 5.59. The molecule has 15 heavy (non-hydrogen) atoms. The van der Waals surface area contributed by atoms with E-state index in [1.807, 2.05) is 13.0 Å². The lowest BCUT2D eigenvalue weighted by atomic mass is 10.2. The van der Waals surface area contributed by atoms with Gasteiger partial charge < -0.3 is 4.98 Å². The number of H-pyrrole nitrogens is 1. The van der Waals surface area contributed by atoms with Crippen LogP contribution >= 0.6 is 11.8 Å². The molecule has 1 aromatic heterocycles. The van der Waals surface area contributed by atoms with Crippen molar-refractivity contribution in [2.24, 2.45) is 0 Å². The Balaban J connectivity index is 2.63. The van der Waals surface area contributed by atoms with E-state index in [1.165, 1.54) is 0 Å². The van der Waals surface area contributed by atoms with Gasteiger partial charge in [0, 0.05) is 28.6 Å². The topological polar surface area (TPSA) is 58.9 Å². The Morgan fingerprint density at radius 1 is 1.53 bits per heavy atom. The minimum atomic E-state index is -0.361. The van der Waals surface area contributed by atoms with Gasteiger partial charge in [0.1, 0.15) is 0 Å². The van der Waals surface area contributed by atoms with Crippen molar-refractivity contribution in [3.8, 4) is 0 Å². The van der Waals surface area contributed by atoms with Crippen LogP contribution in [0.25, 0.3) is 10.9 Å². The molecule has 0 atom stereocenters. The Hall–Kier alpha value is -1.49. The zero-order valence-corrected chi connectivity index (χ0v) is 9.00. The molecule has 0 aliphatic carbocycles. The number of non-ortho nitro benzene ring substituents is 1. The van der Waals surface area contributed by atoms with Gasteiger partial charge in [-0.2, -0.15) is 0 Å². The molecule has 0 aliphatic rings. The van der Waals surface area contributed by atoms with Gasteiger partial charge in [-0.3, -0.25) is 10.1 Å². The fraction of sp³-hybridized carbons (Fsp3) is 0.200. The summed E-state index contributed by atoms with van der Waals surface area (Å²) >= 11 is 1.62. The first kappa shape index (κ1) is 10.0. The van der Waals surface area contributed by atoms with E-state index in [4.69, 9.17) is 0 Å². The Bertz CT molecular complexity index is 507. The molecule has 0 radical (unpaired) electrons. The summed E-state index contributed by atoms with van der Waals surface area (Å²) < 4.78 is 0. The van der Waals surface area contributed by atoms with Gasteiger partial charge in [0.05, 0.1) is 10.4 Å². The number of nitrogens with zero attached hydrogens (tertiary/aromatic N) is 1. The monoisotopic (exact) mass is 222 g/mol. The van der Waals surface area contributed by atoms with E-state index in [2.05, 4.69) is 4.98 Å². The standard InChI is InChI=1S/C10H10N2O2S/c1-2-15-10-6-7(12(13)14)5-9-8(10)3-4-11-9/h3-6,11H,2H2,1H3. The number of aromatic amines is 1. The highest BCUT2D eigenvalue weighted by atomic mass is 32.2. The Kier molecular flexibility index (Phi) is 2.64. The van der Waals surface area contributed by atoms with Crippen molar-refractivity contribution in [2.45, 2.75) is 11.8 Å². The molecule has 0 bridgehead atoms. The summed E-state index contributed by atoms with van der Waals surface area (Å²) in [6, 6.07) is 5.14. The lowest BCUT2D eigenvalue weighted by Gasteiger charge is -2.01. The van der Waals surface area contributed by atoms with Gasteiger partial charge in [-0.15, -0.1) is 11.8 Å². The summed E-state index contributed by atoms with van der Waals surface area (Å²) in [5.74, 6) is 0.904. The molecule has 0 saturated carbocycles. The second kappa shape index (κ2) is 3.94. The molecule has 2 aromatic rings. The quantitative estimate of drug-likeness (QED) is 0.493. The second-order valence-electron chi connectivity index (χ2n) is 3.07. The van der Waals surface area contributed by atoms with Crippen LogP contribution in [0.1, 0.15) is 6.92 Å². The van der Waals surface area contributed by atoms with Crippen molar-refractivity contribution in [1.82, 2.24) is 4.98 Å². The minimum Gasteiger partial charge on any atom is -0.361 e. The molecule has 1 N–H and O–H groups in total. The molecular weight excluding hydrogens is 212 g/mol. The maximum absolute atomic E-state index is 10.7. The van der Waals surface area contributed by atoms with E-state index in [9.17, 15) is 10.1 Å². The summed E-state index contributed by atoms with van der Waals surface area (Å²) in [6.45, 7) is 2.03. The van der Waals surface area contributed by atoms with E-state index in [-0.39, 0.29) is 10.6 Å². The van der Waals surface area contributed by atoms with Crippen LogP contribution in [0.15, 0.2) is 29.3 Å². The molecular formula is C10H10N2O2S. The molecule has 0 unspecified atom stereocenters. The number of benzene rings is 1. The predicted molar refractivity (Wildman–Crippen MR) is 61.4 cm³/mol. The van der Waals surface area contributed by atoms with E-state index >= 15 is 0 Å². The number of nitrogens with one attached hydrogen (secondary N) is 1. The van der Waals surface area contributed by atoms with Gasteiger partial charge in [-0.1, -0.05) is 6.92 Å². The third kappa shape index (κ3) is 1.83. The first-order valence-electron chi connectivity index (χ1n) is 4.60. The average molecular weight is 222 g/mol. The van der Waals surface area contributed by atoms with Crippen molar-refractivity contribution >= 4 is 28.4 Å². The van der Waals surface area contributed by atoms with Crippen molar-refractivity contribution in [3.63, 3.8) is 0 Å². The van der Waals surface area contributed by atoms with Crippen LogP contribution in [-0.2, 0) is 0 Å². The molecule has 0 saturated heterocycles. The van der Waals surface area contributed by atoms with Crippen molar-refractivity contribution < 1.29 is 4.92 Å². The van der Waals surface area contributed by atoms with Gasteiger partial charge in [0.25, 0.3) is 5.69 Å². The Morgan fingerprint density at radius 3 is 3.00 bits per heavy atom. The predicted octanol–water partition coefficient (Wildman–Crippen LogP) is 3.19. The van der Waals surface area contributed by atoms with Crippen molar-refractivity contribution in [3.05, 3.63) is 34.5 Å². The molecule has 4 nitrogen and oxygen atoms in total. The van der Waals surface area contributed by atoms with Gasteiger partial charge >= 0.3 is 0 Å². The van der Waals surface area contributed by atoms with E-state index in [0.717, 1.165) is 21.6 Å². The largest absolute Gasteiger partial charge is 0.361 e. The summed E-state index contributed by atoms with van der Waals surface area (Å²) in [5, 5.41) is 11.8. The average Bonchev–Trinajstić information content (AvgIpc) is 2.65. The van der Waals surface area contributed by atoms with Crippen LogP contribution in [0.5, 0.6) is 0 Å². The fourth-order valence-electron chi connectivity index (χ4n) is 1.50. The van der Waals surface area contributed by atoms with Gasteiger partial charge in [0.2, 0.25) is 0 Å². The van der Waals surface area contributed by atoms with Crippen LogP contribution in [-0.4, -0.2) is 15.7 Å². The number of fused-ring (bicyclic) bond motifs is 1. The van der Waals surface area contributed by atoms with E-state index in [0.29, 0.717) is 0 Å². The third-order valence-corrected chi connectivity index (χ3v) is 3.06. The number of hydrogen-bond acceptors (Lipinski definition) is 3. The minimum absolute atomic E-state index is 0.140. The summed E-state index contributed by atoms with van der Waals surface area (Å²) in [5.41, 5.74) is 0.959. The number of nitro benzene ring substituents is 1. The molecule has 2 rings (SSSR count). The van der Waals surface area contributed by atoms with Crippen LogP contribution in [0.2, 0.25) is 0 Å². The van der Waals surface area contributed by atoms with Crippen LogP contribution < -0.4 is 0 Å². The van der Waals surface area contributed by atoms with Crippen molar-refractivity contribution in [1.29, 1.82) is 0 Å². The number of thioether (sulfide) groups is 1. The normalized spacial score (nSPS) is 10.7. The highest BCUT2D eigenvalue weighted by molar-refractivity contribution is 7.99. The van der Waals surface area contributed by atoms with Crippen molar-refractivity contribution in [2.75, 3.05) is 5.75 Å². The van der Waals surface area contributed by atoms with Crippen LogP contribution in [0.3, 0.4) is 0 Å². The molecule has 1 heterocycles. The summed E-state index contributed by atoms with van der Waals surface area (Å²) in [4.78, 5) is 14.3. The Morgan fingerprint density at radius 2 is 2.33 bits per heavy atom. The second-order valence-corrected chi connectivity index (χ2v) is 4.38. The molecule has 0 fully saturated rings. The maximum atomic E-state index is 10.7. The van der Waals surface area contributed by atoms with Gasteiger partial charge in [-0.25, -0.2) is 0 Å². The molecule has 1 aromatic carbocycles. The number of nitro groups is 1. The van der Waals surface area contributed by atoms with Gasteiger partial charge in [-0.05, 0) is 11.8 Å². The highest BCUT2D eigenvalue weighted by Crippen LogP contribution is 2.31. The lowest BCUT2D eigenvalue weighted by molar-refractivity contribution is -0.384. The smallest absolute Gasteiger partial charge is 0.272 e. The lowest BCUT2D eigenvalue weighted by Crippen LogP contribution is -1.88. The summed E-state index contributed by atoms with van der Waals surface area (Å²) in [7, 11) is 0. The molecule has 0 amide bonds.